The van der Waals surface area contributed by atoms with Crippen LogP contribution in [0.4, 0.5) is 0 Å². The second-order valence-electron chi connectivity index (χ2n) is 2.90. The van der Waals surface area contributed by atoms with Gasteiger partial charge in [0.25, 0.3) is 0 Å². The van der Waals surface area contributed by atoms with Gasteiger partial charge in [-0.05, 0) is 34.2 Å². The summed E-state index contributed by atoms with van der Waals surface area (Å²) in [5, 5.41) is 9.94. The number of carbonyl (C=O) groups is 1. The molecule has 0 atom stereocenters. The van der Waals surface area contributed by atoms with Gasteiger partial charge in [0, 0.05) is 15.6 Å². The van der Waals surface area contributed by atoms with Crippen molar-refractivity contribution in [3.05, 3.63) is 32.2 Å². The van der Waals surface area contributed by atoms with Crippen molar-refractivity contribution in [2.24, 2.45) is 0 Å². The Morgan fingerprint density at radius 3 is 2.93 bits per heavy atom. The molecule has 0 radical (unpaired) electrons. The highest BCUT2D eigenvalue weighted by atomic mass is 127. The normalized spacial score (nSPS) is 10.7. The van der Waals surface area contributed by atoms with Gasteiger partial charge in [0.15, 0.2) is 6.29 Å². The molecule has 0 fully saturated rings. The summed E-state index contributed by atoms with van der Waals surface area (Å²) in [6.07, 6.45) is 0.888. The maximum absolute atomic E-state index is 10.8. The number of aldehydes is 1. The van der Waals surface area contributed by atoms with E-state index in [0.717, 1.165) is 30.4 Å². The summed E-state index contributed by atoms with van der Waals surface area (Å²) < 4.78 is 2.06. The third-order valence-corrected chi connectivity index (χ3v) is 4.25. The Kier molecular flexibility index (Phi) is 2.85. The number of halogens is 1. The van der Waals surface area contributed by atoms with Crippen molar-refractivity contribution in [1.29, 1.82) is 0 Å². The molecule has 0 amide bonds. The van der Waals surface area contributed by atoms with Crippen molar-refractivity contribution in [3.8, 4) is 0 Å². The molecule has 0 aliphatic carbocycles. The lowest BCUT2D eigenvalue weighted by Crippen LogP contribution is -1.82. The predicted molar refractivity (Wildman–Crippen MR) is 65.9 cm³/mol. The third-order valence-electron chi connectivity index (χ3n) is 2.05. The fourth-order valence-electron chi connectivity index (χ4n) is 1.34. The molecule has 0 spiro atoms. The zero-order valence-electron chi connectivity index (χ0n) is 7.16. The van der Waals surface area contributed by atoms with Crippen LogP contribution in [0.5, 0.6) is 0 Å². The Morgan fingerprint density at radius 1 is 1.50 bits per heavy atom. The highest BCUT2D eigenvalue weighted by Gasteiger charge is 2.09. The van der Waals surface area contributed by atoms with Crippen molar-refractivity contribution < 1.29 is 9.90 Å². The average molecular weight is 318 g/mol. The molecule has 0 saturated carbocycles. The van der Waals surface area contributed by atoms with Gasteiger partial charge in [-0.25, -0.2) is 0 Å². The standard InChI is InChI=1S/C10H7IO2S/c11-10-8(5-13)7-2-1-6(4-12)3-9(7)14-10/h1-3,5,12H,4H2. The summed E-state index contributed by atoms with van der Waals surface area (Å²) in [6.45, 7) is 0.0425. The van der Waals surface area contributed by atoms with Crippen LogP contribution in [-0.4, -0.2) is 11.4 Å². The molecule has 0 unspecified atom stereocenters. The first-order chi connectivity index (χ1) is 6.76. The largest absolute Gasteiger partial charge is 0.392 e. The topological polar surface area (TPSA) is 37.3 Å². The van der Waals surface area contributed by atoms with E-state index in [1.165, 1.54) is 0 Å². The average Bonchev–Trinajstić information content (AvgIpc) is 2.51. The molecule has 2 nitrogen and oxygen atoms in total. The molecule has 4 heteroatoms. The molecule has 72 valence electrons. The number of fused-ring (bicyclic) bond motifs is 1. The monoisotopic (exact) mass is 318 g/mol. The summed E-state index contributed by atoms with van der Waals surface area (Å²) >= 11 is 3.74. The zero-order chi connectivity index (χ0) is 10.1. The van der Waals surface area contributed by atoms with E-state index in [9.17, 15) is 4.79 Å². The minimum absolute atomic E-state index is 0.0425. The van der Waals surface area contributed by atoms with Crippen molar-refractivity contribution in [1.82, 2.24) is 0 Å². The van der Waals surface area contributed by atoms with Crippen LogP contribution in [0, 0.1) is 2.88 Å². The van der Waals surface area contributed by atoms with E-state index in [1.807, 2.05) is 18.2 Å². The number of rotatable bonds is 2. The van der Waals surface area contributed by atoms with E-state index < -0.39 is 0 Å². The van der Waals surface area contributed by atoms with E-state index in [-0.39, 0.29) is 6.61 Å². The lowest BCUT2D eigenvalue weighted by molar-refractivity contribution is 0.112. The van der Waals surface area contributed by atoms with Gasteiger partial charge in [-0.1, -0.05) is 12.1 Å². The molecule has 2 aromatic rings. The zero-order valence-corrected chi connectivity index (χ0v) is 10.1. The number of benzene rings is 1. The van der Waals surface area contributed by atoms with E-state index in [1.54, 1.807) is 11.3 Å². The molecule has 1 N–H and O–H groups in total. The fourth-order valence-corrected chi connectivity index (χ4v) is 3.43. The van der Waals surface area contributed by atoms with Crippen LogP contribution in [-0.2, 0) is 6.61 Å². The minimum Gasteiger partial charge on any atom is -0.392 e. The van der Waals surface area contributed by atoms with Gasteiger partial charge in [-0.2, -0.15) is 0 Å². The highest BCUT2D eigenvalue weighted by Crippen LogP contribution is 2.31. The number of aliphatic hydroxyl groups is 1. The van der Waals surface area contributed by atoms with Crippen LogP contribution < -0.4 is 0 Å². The predicted octanol–water partition coefficient (Wildman–Crippen LogP) is 2.81. The quantitative estimate of drug-likeness (QED) is 0.683. The van der Waals surface area contributed by atoms with Crippen LogP contribution in [0.1, 0.15) is 15.9 Å². The minimum atomic E-state index is 0.0425. The van der Waals surface area contributed by atoms with Crippen molar-refractivity contribution in [2.75, 3.05) is 0 Å². The molecule has 1 aromatic heterocycles. The molecule has 1 heterocycles. The molecule has 0 aliphatic heterocycles. The van der Waals surface area contributed by atoms with Gasteiger partial charge in [0.1, 0.15) is 0 Å². The smallest absolute Gasteiger partial charge is 0.152 e. The number of aliphatic hydroxyl groups excluding tert-OH is 1. The Labute approximate surface area is 98.7 Å². The van der Waals surface area contributed by atoms with Crippen LogP contribution in [0.3, 0.4) is 0 Å². The molecule has 0 aliphatic rings. The molecular weight excluding hydrogens is 311 g/mol. The summed E-state index contributed by atoms with van der Waals surface area (Å²) in [7, 11) is 0. The van der Waals surface area contributed by atoms with Gasteiger partial charge in [-0.3, -0.25) is 4.79 Å². The molecule has 14 heavy (non-hydrogen) atoms. The number of carbonyl (C=O) groups excluding carboxylic acids is 1. The van der Waals surface area contributed by atoms with E-state index >= 15 is 0 Å². The lowest BCUT2D eigenvalue weighted by atomic mass is 10.1. The Balaban J connectivity index is 2.74. The Hall–Kier alpha value is -0.460. The molecule has 2 rings (SSSR count). The number of hydrogen-bond acceptors (Lipinski definition) is 3. The lowest BCUT2D eigenvalue weighted by Gasteiger charge is -1.95. The highest BCUT2D eigenvalue weighted by molar-refractivity contribution is 14.1. The SMILES string of the molecule is O=Cc1c(I)sc2cc(CO)ccc12. The maximum atomic E-state index is 10.8. The van der Waals surface area contributed by atoms with Crippen LogP contribution >= 0.6 is 33.9 Å². The van der Waals surface area contributed by atoms with Crippen molar-refractivity contribution in [3.63, 3.8) is 0 Å². The number of hydrogen-bond donors (Lipinski definition) is 1. The van der Waals surface area contributed by atoms with Crippen LogP contribution in [0.25, 0.3) is 10.1 Å². The van der Waals surface area contributed by atoms with Gasteiger partial charge >= 0.3 is 0 Å². The molecule has 0 saturated heterocycles. The van der Waals surface area contributed by atoms with Gasteiger partial charge < -0.3 is 5.11 Å². The first-order valence-corrected chi connectivity index (χ1v) is 5.92. The van der Waals surface area contributed by atoms with Gasteiger partial charge in [0.05, 0.1) is 9.49 Å². The van der Waals surface area contributed by atoms with Gasteiger partial charge in [-0.15, -0.1) is 11.3 Å². The van der Waals surface area contributed by atoms with Gasteiger partial charge in [0.2, 0.25) is 0 Å². The third kappa shape index (κ3) is 1.57. The first kappa shape index (κ1) is 10.1. The van der Waals surface area contributed by atoms with E-state index in [4.69, 9.17) is 5.11 Å². The molecular formula is C10H7IO2S. The summed E-state index contributed by atoms with van der Waals surface area (Å²) in [6, 6.07) is 5.66. The Morgan fingerprint density at radius 2 is 2.29 bits per heavy atom. The molecule has 0 bridgehead atoms. The fraction of sp³-hybridized carbons (Fsp3) is 0.100. The van der Waals surface area contributed by atoms with Crippen LogP contribution in [0.15, 0.2) is 18.2 Å². The van der Waals surface area contributed by atoms with Crippen molar-refractivity contribution >= 4 is 50.3 Å². The van der Waals surface area contributed by atoms with E-state index in [2.05, 4.69) is 22.6 Å². The first-order valence-electron chi connectivity index (χ1n) is 4.03. The maximum Gasteiger partial charge on any atom is 0.152 e. The number of thiophene rings is 1. The molecule has 1 aromatic carbocycles. The summed E-state index contributed by atoms with van der Waals surface area (Å²) in [5.41, 5.74) is 1.64. The van der Waals surface area contributed by atoms with E-state index in [0.29, 0.717) is 0 Å². The Bertz CT molecular complexity index is 490. The summed E-state index contributed by atoms with van der Waals surface area (Å²) in [4.78, 5) is 10.8. The second-order valence-corrected chi connectivity index (χ2v) is 5.76. The van der Waals surface area contributed by atoms with Crippen LogP contribution in [0.2, 0.25) is 0 Å². The summed E-state index contributed by atoms with van der Waals surface area (Å²) in [5.74, 6) is 0. The second kappa shape index (κ2) is 3.96. The van der Waals surface area contributed by atoms with Crippen molar-refractivity contribution in [2.45, 2.75) is 6.61 Å².